The van der Waals surface area contributed by atoms with Gasteiger partial charge in [0, 0.05) is 13.0 Å². The number of carboxylic acid groups (broad SMARTS) is 1. The van der Waals surface area contributed by atoms with E-state index in [1.165, 1.54) is 0 Å². The van der Waals surface area contributed by atoms with Gasteiger partial charge < -0.3 is 16.2 Å². The highest BCUT2D eigenvalue weighted by atomic mass is 16.4. The molecule has 0 aromatic rings. The van der Waals surface area contributed by atoms with Crippen LogP contribution in [0.4, 0.5) is 0 Å². The van der Waals surface area contributed by atoms with Crippen molar-refractivity contribution in [2.75, 3.05) is 6.54 Å². The van der Waals surface area contributed by atoms with Crippen molar-refractivity contribution in [3.8, 4) is 0 Å². The normalized spacial score (nSPS) is 13.4. The minimum atomic E-state index is -0.783. The van der Waals surface area contributed by atoms with Crippen molar-refractivity contribution in [3.05, 3.63) is 0 Å². The van der Waals surface area contributed by atoms with Gasteiger partial charge in [-0.15, -0.1) is 0 Å². The van der Waals surface area contributed by atoms with Gasteiger partial charge >= 0.3 is 5.97 Å². The van der Waals surface area contributed by atoms with Crippen molar-refractivity contribution in [3.63, 3.8) is 0 Å². The topological polar surface area (TPSA) is 92.4 Å². The summed E-state index contributed by atoms with van der Waals surface area (Å²) in [6.07, 6.45) is 1.51. The quantitative estimate of drug-likeness (QED) is 0.613. The molecule has 1 atom stereocenters. The molecule has 0 saturated heterocycles. The molecule has 0 aromatic carbocycles. The average Bonchev–Trinajstić information content (AvgIpc) is 2.25. The summed E-state index contributed by atoms with van der Waals surface area (Å²) in [5.41, 5.74) is 5.63. The highest BCUT2D eigenvalue weighted by Crippen LogP contribution is 2.25. The summed E-state index contributed by atoms with van der Waals surface area (Å²) >= 11 is 0. The van der Waals surface area contributed by atoms with Crippen LogP contribution in [0, 0.1) is 11.3 Å². The van der Waals surface area contributed by atoms with Gasteiger partial charge in [-0.05, 0) is 24.2 Å². The second kappa shape index (κ2) is 7.36. The van der Waals surface area contributed by atoms with Crippen molar-refractivity contribution in [2.24, 2.45) is 17.1 Å². The standard InChI is InChI=1S/C13H26N2O3/c1-9(2)11(14)12(18)15-8-7-13(3,4)6-5-10(16)17/h9,11H,5-8,14H2,1-4H3,(H,15,18)(H,16,17)/t11-/m0/s1. The third kappa shape index (κ3) is 7.27. The Hall–Kier alpha value is -1.10. The maximum atomic E-state index is 11.6. The molecule has 18 heavy (non-hydrogen) atoms. The van der Waals surface area contributed by atoms with Gasteiger partial charge in [-0.2, -0.15) is 0 Å². The molecule has 5 heteroatoms. The molecule has 0 aliphatic rings. The van der Waals surface area contributed by atoms with Crippen molar-refractivity contribution >= 4 is 11.9 Å². The van der Waals surface area contributed by atoms with E-state index in [0.717, 1.165) is 6.42 Å². The lowest BCUT2D eigenvalue weighted by atomic mass is 9.84. The smallest absolute Gasteiger partial charge is 0.303 e. The number of nitrogens with two attached hydrogens (primary N) is 1. The number of hydrogen-bond donors (Lipinski definition) is 3. The molecule has 0 spiro atoms. The van der Waals surface area contributed by atoms with E-state index in [2.05, 4.69) is 5.32 Å². The van der Waals surface area contributed by atoms with Gasteiger partial charge in [0.25, 0.3) is 0 Å². The molecule has 0 saturated carbocycles. The van der Waals surface area contributed by atoms with Gasteiger partial charge in [-0.1, -0.05) is 27.7 Å². The Bertz CT molecular complexity index is 288. The average molecular weight is 258 g/mol. The molecule has 0 rings (SSSR count). The summed E-state index contributed by atoms with van der Waals surface area (Å²) in [5, 5.41) is 11.4. The first-order valence-corrected chi connectivity index (χ1v) is 6.41. The van der Waals surface area contributed by atoms with E-state index in [9.17, 15) is 9.59 Å². The van der Waals surface area contributed by atoms with Crippen LogP contribution < -0.4 is 11.1 Å². The summed E-state index contributed by atoms with van der Waals surface area (Å²) in [5.74, 6) is -0.807. The molecule has 0 bridgehead atoms. The highest BCUT2D eigenvalue weighted by Gasteiger charge is 2.21. The number of rotatable bonds is 8. The monoisotopic (exact) mass is 258 g/mol. The number of hydrogen-bond acceptors (Lipinski definition) is 3. The van der Waals surface area contributed by atoms with Crippen LogP contribution in [-0.2, 0) is 9.59 Å². The Morgan fingerprint density at radius 1 is 1.28 bits per heavy atom. The van der Waals surface area contributed by atoms with Crippen LogP contribution in [0.2, 0.25) is 0 Å². The molecule has 5 nitrogen and oxygen atoms in total. The van der Waals surface area contributed by atoms with Crippen LogP contribution in [0.3, 0.4) is 0 Å². The second-order valence-electron chi connectivity index (χ2n) is 5.87. The molecule has 0 unspecified atom stereocenters. The van der Waals surface area contributed by atoms with Crippen molar-refractivity contribution < 1.29 is 14.7 Å². The van der Waals surface area contributed by atoms with E-state index in [1.54, 1.807) is 0 Å². The Balaban J connectivity index is 3.95. The lowest BCUT2D eigenvalue weighted by molar-refractivity contribution is -0.137. The van der Waals surface area contributed by atoms with E-state index in [0.29, 0.717) is 13.0 Å². The van der Waals surface area contributed by atoms with Crippen LogP contribution >= 0.6 is 0 Å². The van der Waals surface area contributed by atoms with Gasteiger partial charge in [-0.25, -0.2) is 0 Å². The predicted molar refractivity (Wildman–Crippen MR) is 71.1 cm³/mol. The zero-order valence-corrected chi connectivity index (χ0v) is 11.8. The molecule has 0 radical (unpaired) electrons. The lowest BCUT2D eigenvalue weighted by Gasteiger charge is -2.24. The molecule has 0 heterocycles. The minimum Gasteiger partial charge on any atom is -0.481 e. The Kier molecular flexibility index (Phi) is 6.91. The maximum absolute atomic E-state index is 11.6. The van der Waals surface area contributed by atoms with Crippen molar-refractivity contribution in [2.45, 2.75) is 53.0 Å². The first-order valence-electron chi connectivity index (χ1n) is 6.41. The minimum absolute atomic E-state index is 0.0897. The van der Waals surface area contributed by atoms with Gasteiger partial charge in [0.05, 0.1) is 6.04 Å². The number of carbonyl (C=O) groups excluding carboxylic acids is 1. The number of nitrogens with one attached hydrogen (secondary N) is 1. The molecule has 0 aliphatic carbocycles. The maximum Gasteiger partial charge on any atom is 0.303 e. The van der Waals surface area contributed by atoms with Crippen LogP contribution in [-0.4, -0.2) is 29.6 Å². The third-order valence-corrected chi connectivity index (χ3v) is 3.14. The van der Waals surface area contributed by atoms with E-state index < -0.39 is 12.0 Å². The van der Waals surface area contributed by atoms with E-state index in [1.807, 2.05) is 27.7 Å². The lowest BCUT2D eigenvalue weighted by Crippen LogP contribution is -2.44. The van der Waals surface area contributed by atoms with Crippen LogP contribution in [0.15, 0.2) is 0 Å². The fourth-order valence-corrected chi connectivity index (χ4v) is 1.52. The Morgan fingerprint density at radius 3 is 2.28 bits per heavy atom. The molecular weight excluding hydrogens is 232 g/mol. The number of carbonyl (C=O) groups is 2. The summed E-state index contributed by atoms with van der Waals surface area (Å²) < 4.78 is 0. The number of carboxylic acids is 1. The van der Waals surface area contributed by atoms with Gasteiger partial charge in [0.15, 0.2) is 0 Å². The SMILES string of the molecule is CC(C)[C@H](N)C(=O)NCCC(C)(C)CCC(=O)O. The molecule has 1 amide bonds. The summed E-state index contributed by atoms with van der Waals surface area (Å²) in [7, 11) is 0. The van der Waals surface area contributed by atoms with Gasteiger partial charge in [0.1, 0.15) is 0 Å². The number of aliphatic carboxylic acids is 1. The summed E-state index contributed by atoms with van der Waals surface area (Å²) in [6.45, 7) is 8.35. The molecule has 4 N–H and O–H groups in total. The summed E-state index contributed by atoms with van der Waals surface area (Å²) in [4.78, 5) is 22.1. The number of amides is 1. The second-order valence-corrected chi connectivity index (χ2v) is 5.87. The highest BCUT2D eigenvalue weighted by molar-refractivity contribution is 5.81. The first kappa shape index (κ1) is 16.9. The van der Waals surface area contributed by atoms with Gasteiger partial charge in [0.2, 0.25) is 5.91 Å². The zero-order chi connectivity index (χ0) is 14.3. The third-order valence-electron chi connectivity index (χ3n) is 3.14. The van der Waals surface area contributed by atoms with Crippen molar-refractivity contribution in [1.29, 1.82) is 0 Å². The fraction of sp³-hybridized carbons (Fsp3) is 0.846. The predicted octanol–water partition coefficient (Wildman–Crippen LogP) is 1.37. The van der Waals surface area contributed by atoms with E-state index in [4.69, 9.17) is 10.8 Å². The van der Waals surface area contributed by atoms with E-state index >= 15 is 0 Å². The molecule has 0 aromatic heterocycles. The molecule has 0 fully saturated rings. The Labute approximate surface area is 109 Å². The van der Waals surface area contributed by atoms with Crippen LogP contribution in [0.5, 0.6) is 0 Å². The molecular formula is C13H26N2O3. The summed E-state index contributed by atoms with van der Waals surface area (Å²) in [6, 6.07) is -0.480. The molecule has 0 aliphatic heterocycles. The largest absolute Gasteiger partial charge is 0.481 e. The Morgan fingerprint density at radius 2 is 1.83 bits per heavy atom. The molecule has 106 valence electrons. The first-order chi connectivity index (χ1) is 8.15. The van der Waals surface area contributed by atoms with Gasteiger partial charge in [-0.3, -0.25) is 9.59 Å². The van der Waals surface area contributed by atoms with Crippen LogP contribution in [0.1, 0.15) is 47.0 Å². The van der Waals surface area contributed by atoms with Crippen LogP contribution in [0.25, 0.3) is 0 Å². The van der Waals surface area contributed by atoms with E-state index in [-0.39, 0.29) is 23.7 Å². The fourth-order valence-electron chi connectivity index (χ4n) is 1.52. The zero-order valence-electron chi connectivity index (χ0n) is 11.8. The van der Waals surface area contributed by atoms with Crippen molar-refractivity contribution in [1.82, 2.24) is 5.32 Å².